The number of hydrogen-bond acceptors (Lipinski definition) is 4. The second-order valence-electron chi connectivity index (χ2n) is 7.18. The van der Waals surface area contributed by atoms with Gasteiger partial charge in [-0.15, -0.1) is 0 Å². The molecule has 27 heavy (non-hydrogen) atoms. The van der Waals surface area contributed by atoms with Gasteiger partial charge >= 0.3 is 5.69 Å². The summed E-state index contributed by atoms with van der Waals surface area (Å²) in [6, 6.07) is 15.4. The van der Waals surface area contributed by atoms with Crippen LogP contribution in [0.25, 0.3) is 10.9 Å². The molecule has 0 spiro atoms. The summed E-state index contributed by atoms with van der Waals surface area (Å²) in [7, 11) is 1.65. The second-order valence-corrected chi connectivity index (χ2v) is 7.18. The minimum absolute atomic E-state index is 0.00547. The van der Waals surface area contributed by atoms with E-state index < -0.39 is 11.8 Å². The molecule has 1 atom stereocenters. The quantitative estimate of drug-likeness (QED) is 0.752. The van der Waals surface area contributed by atoms with Gasteiger partial charge in [0.05, 0.1) is 23.6 Å². The molecule has 0 amide bonds. The number of aromatic nitrogens is 2. The summed E-state index contributed by atoms with van der Waals surface area (Å²) < 4.78 is 2.60. The van der Waals surface area contributed by atoms with Crippen LogP contribution in [0.4, 0.5) is 0 Å². The molecule has 3 aromatic rings. The highest BCUT2D eigenvalue weighted by Gasteiger charge is 2.20. The van der Waals surface area contributed by atoms with Gasteiger partial charge in [0, 0.05) is 26.7 Å². The first-order valence-electron chi connectivity index (χ1n) is 9.20. The van der Waals surface area contributed by atoms with Crippen LogP contribution < -0.4 is 11.2 Å². The molecule has 0 saturated heterocycles. The molecule has 0 radical (unpaired) electrons. The third kappa shape index (κ3) is 3.34. The summed E-state index contributed by atoms with van der Waals surface area (Å²) in [5, 5.41) is 11.1. The highest BCUT2D eigenvalue weighted by Crippen LogP contribution is 2.18. The van der Waals surface area contributed by atoms with E-state index in [0.717, 1.165) is 24.1 Å². The lowest BCUT2D eigenvalue weighted by Gasteiger charge is -2.30. The summed E-state index contributed by atoms with van der Waals surface area (Å²) in [6.45, 7) is 2.06. The second kappa shape index (κ2) is 7.13. The molecule has 0 fully saturated rings. The van der Waals surface area contributed by atoms with Crippen LogP contribution >= 0.6 is 0 Å². The maximum atomic E-state index is 12.7. The minimum atomic E-state index is -0.790. The van der Waals surface area contributed by atoms with Crippen molar-refractivity contribution in [1.82, 2.24) is 14.0 Å². The number of fused-ring (bicyclic) bond motifs is 2. The summed E-state index contributed by atoms with van der Waals surface area (Å²) >= 11 is 0. The summed E-state index contributed by atoms with van der Waals surface area (Å²) in [4.78, 5) is 27.5. The van der Waals surface area contributed by atoms with Crippen molar-refractivity contribution >= 4 is 10.9 Å². The van der Waals surface area contributed by atoms with E-state index in [0.29, 0.717) is 17.4 Å². The normalized spacial score (nSPS) is 15.6. The van der Waals surface area contributed by atoms with E-state index in [1.807, 2.05) is 12.1 Å². The van der Waals surface area contributed by atoms with Crippen LogP contribution in [0.2, 0.25) is 0 Å². The molecule has 140 valence electrons. The van der Waals surface area contributed by atoms with Crippen LogP contribution in [-0.2, 0) is 26.6 Å². The molecule has 1 N–H and O–H groups in total. The average molecular weight is 365 g/mol. The van der Waals surface area contributed by atoms with Crippen LogP contribution in [-0.4, -0.2) is 38.3 Å². The van der Waals surface area contributed by atoms with Gasteiger partial charge in [0.15, 0.2) is 0 Å². The largest absolute Gasteiger partial charge is 0.390 e. The first-order valence-corrected chi connectivity index (χ1v) is 9.20. The number of para-hydroxylation sites is 1. The topological polar surface area (TPSA) is 67.5 Å². The van der Waals surface area contributed by atoms with Crippen LogP contribution in [0.1, 0.15) is 11.1 Å². The maximum Gasteiger partial charge on any atom is 0.331 e. The van der Waals surface area contributed by atoms with Gasteiger partial charge < -0.3 is 5.11 Å². The Bertz CT molecular complexity index is 1100. The first kappa shape index (κ1) is 17.7. The SMILES string of the molecule is Cn1c(=O)n(CC(O)CN2CCc3ccccc3C2)c(=O)c2ccccc21. The van der Waals surface area contributed by atoms with Gasteiger partial charge in [-0.1, -0.05) is 36.4 Å². The van der Waals surface area contributed by atoms with E-state index in [9.17, 15) is 14.7 Å². The zero-order valence-electron chi connectivity index (χ0n) is 15.3. The Morgan fingerprint density at radius 3 is 2.52 bits per heavy atom. The first-order chi connectivity index (χ1) is 13.0. The van der Waals surface area contributed by atoms with Gasteiger partial charge in [0.2, 0.25) is 0 Å². The van der Waals surface area contributed by atoms with Crippen molar-refractivity contribution in [1.29, 1.82) is 0 Å². The Balaban J connectivity index is 1.55. The molecule has 1 aliphatic heterocycles. The van der Waals surface area contributed by atoms with Crippen LogP contribution in [0, 0.1) is 0 Å². The highest BCUT2D eigenvalue weighted by molar-refractivity contribution is 5.77. The number of β-amino-alcohol motifs (C(OH)–C–C–N with tert-alkyl or cyclic N) is 1. The number of nitrogens with zero attached hydrogens (tertiary/aromatic N) is 3. The van der Waals surface area contributed by atoms with Gasteiger partial charge in [-0.05, 0) is 29.7 Å². The monoisotopic (exact) mass is 365 g/mol. The number of benzene rings is 2. The fraction of sp³-hybridized carbons (Fsp3) is 0.333. The maximum absolute atomic E-state index is 12.7. The summed E-state index contributed by atoms with van der Waals surface area (Å²) in [5.74, 6) is 0. The Labute approximate surface area is 156 Å². The van der Waals surface area contributed by atoms with Crippen molar-refractivity contribution in [2.24, 2.45) is 7.05 Å². The standard InChI is InChI=1S/C21H23N3O3/c1-22-19-9-5-4-8-18(19)20(26)24(21(22)27)14-17(25)13-23-11-10-15-6-2-3-7-16(15)12-23/h2-9,17,25H,10-14H2,1H3. The highest BCUT2D eigenvalue weighted by atomic mass is 16.3. The third-order valence-corrected chi connectivity index (χ3v) is 5.33. The van der Waals surface area contributed by atoms with E-state index in [-0.39, 0.29) is 12.1 Å². The lowest BCUT2D eigenvalue weighted by atomic mass is 10.00. The Morgan fingerprint density at radius 1 is 1.00 bits per heavy atom. The van der Waals surface area contributed by atoms with Gasteiger partial charge in [-0.3, -0.25) is 18.8 Å². The fourth-order valence-corrected chi connectivity index (χ4v) is 3.90. The Hall–Kier alpha value is -2.70. The molecule has 0 saturated carbocycles. The van der Waals surface area contributed by atoms with E-state index in [1.54, 1.807) is 31.3 Å². The van der Waals surface area contributed by atoms with Gasteiger partial charge in [0.25, 0.3) is 5.56 Å². The zero-order chi connectivity index (χ0) is 19.0. The molecular weight excluding hydrogens is 342 g/mol. The molecule has 2 heterocycles. The van der Waals surface area contributed by atoms with Gasteiger partial charge in [-0.2, -0.15) is 0 Å². The molecule has 4 rings (SSSR count). The Kier molecular flexibility index (Phi) is 4.68. The average Bonchev–Trinajstić information content (AvgIpc) is 2.69. The van der Waals surface area contributed by atoms with Crippen molar-refractivity contribution in [3.05, 3.63) is 80.5 Å². The van der Waals surface area contributed by atoms with E-state index >= 15 is 0 Å². The minimum Gasteiger partial charge on any atom is -0.390 e. The summed E-state index contributed by atoms with van der Waals surface area (Å²) in [5.41, 5.74) is 2.47. The zero-order valence-corrected chi connectivity index (χ0v) is 15.3. The number of hydrogen-bond donors (Lipinski definition) is 1. The van der Waals surface area contributed by atoms with E-state index in [2.05, 4.69) is 17.0 Å². The van der Waals surface area contributed by atoms with Crippen LogP contribution in [0.3, 0.4) is 0 Å². The number of aryl methyl sites for hydroxylation is 1. The molecule has 6 nitrogen and oxygen atoms in total. The van der Waals surface area contributed by atoms with Gasteiger partial charge in [-0.25, -0.2) is 4.79 Å². The predicted molar refractivity (Wildman–Crippen MR) is 105 cm³/mol. The number of aliphatic hydroxyl groups excluding tert-OH is 1. The van der Waals surface area contributed by atoms with Crippen molar-refractivity contribution in [2.45, 2.75) is 25.6 Å². The van der Waals surface area contributed by atoms with Crippen LogP contribution in [0.15, 0.2) is 58.1 Å². The van der Waals surface area contributed by atoms with Crippen molar-refractivity contribution in [3.63, 3.8) is 0 Å². The summed E-state index contributed by atoms with van der Waals surface area (Å²) in [6.07, 6.45) is 0.155. The van der Waals surface area contributed by atoms with Crippen LogP contribution in [0.5, 0.6) is 0 Å². The molecule has 1 aliphatic rings. The molecule has 0 bridgehead atoms. The van der Waals surface area contributed by atoms with E-state index in [1.165, 1.54) is 15.7 Å². The predicted octanol–water partition coefficient (Wildman–Crippen LogP) is 1.12. The van der Waals surface area contributed by atoms with Crippen molar-refractivity contribution < 1.29 is 5.11 Å². The Morgan fingerprint density at radius 2 is 1.70 bits per heavy atom. The fourth-order valence-electron chi connectivity index (χ4n) is 3.90. The number of aliphatic hydroxyl groups is 1. The lowest BCUT2D eigenvalue weighted by molar-refractivity contribution is 0.0898. The molecule has 2 aromatic carbocycles. The lowest BCUT2D eigenvalue weighted by Crippen LogP contribution is -2.45. The molecular formula is C21H23N3O3. The molecule has 6 heteroatoms. The third-order valence-electron chi connectivity index (χ3n) is 5.33. The van der Waals surface area contributed by atoms with Gasteiger partial charge in [0.1, 0.15) is 0 Å². The number of rotatable bonds is 4. The smallest absolute Gasteiger partial charge is 0.331 e. The van der Waals surface area contributed by atoms with E-state index in [4.69, 9.17) is 0 Å². The molecule has 0 aliphatic carbocycles. The molecule has 1 aromatic heterocycles. The van der Waals surface area contributed by atoms with Crippen molar-refractivity contribution in [3.8, 4) is 0 Å². The molecule has 1 unspecified atom stereocenters. The van der Waals surface area contributed by atoms with Crippen molar-refractivity contribution in [2.75, 3.05) is 13.1 Å².